The molecule has 1 aromatic carbocycles. The van der Waals surface area contributed by atoms with Crippen molar-refractivity contribution in [3.63, 3.8) is 0 Å². The van der Waals surface area contributed by atoms with E-state index in [0.29, 0.717) is 10.6 Å². The van der Waals surface area contributed by atoms with Crippen LogP contribution in [0.15, 0.2) is 18.2 Å². The minimum atomic E-state index is 0. The second-order valence-electron chi connectivity index (χ2n) is 6.01. The number of rotatable bonds is 1. The molecule has 0 spiro atoms. The fourth-order valence-corrected chi connectivity index (χ4v) is 3.51. The van der Waals surface area contributed by atoms with Crippen LogP contribution in [0.1, 0.15) is 28.8 Å². The highest BCUT2D eigenvalue weighted by Crippen LogP contribution is 2.28. The second kappa shape index (κ2) is 6.99. The van der Waals surface area contributed by atoms with Gasteiger partial charge in [0.25, 0.3) is 5.91 Å². The van der Waals surface area contributed by atoms with Crippen molar-refractivity contribution in [2.45, 2.75) is 19.8 Å². The summed E-state index contributed by atoms with van der Waals surface area (Å²) in [7, 11) is 0. The number of nitrogens with one attached hydrogen (secondary N) is 1. The molecule has 1 amide bonds. The van der Waals surface area contributed by atoms with Gasteiger partial charge in [0.15, 0.2) is 0 Å². The quantitative estimate of drug-likeness (QED) is 0.858. The second-order valence-corrected chi connectivity index (χ2v) is 6.42. The fraction of sp³-hybridized carbons (Fsp3) is 0.562. The van der Waals surface area contributed by atoms with Gasteiger partial charge >= 0.3 is 0 Å². The standard InChI is InChI=1S/C16H21ClN2O.ClH/c1-11-2-3-12(8-15(11)17)16(20)19-6-4-13-9-18-10-14(13)5-7-19;/h2-3,8,13-14,18H,4-7,9-10H2,1H3;1H/t13-,14+;. The van der Waals surface area contributed by atoms with Crippen molar-refractivity contribution in [3.05, 3.63) is 34.3 Å². The zero-order chi connectivity index (χ0) is 14.1. The van der Waals surface area contributed by atoms with Crippen molar-refractivity contribution in [2.75, 3.05) is 26.2 Å². The molecule has 3 rings (SSSR count). The molecule has 2 aliphatic heterocycles. The van der Waals surface area contributed by atoms with Gasteiger partial charge in [-0.1, -0.05) is 17.7 Å². The lowest BCUT2D eigenvalue weighted by Crippen LogP contribution is -2.32. The Bertz CT molecular complexity index is 507. The number of carbonyl (C=O) groups is 1. The summed E-state index contributed by atoms with van der Waals surface area (Å²) in [5.41, 5.74) is 1.73. The maximum absolute atomic E-state index is 12.6. The largest absolute Gasteiger partial charge is 0.339 e. The van der Waals surface area contributed by atoms with Crippen LogP contribution in [0.3, 0.4) is 0 Å². The van der Waals surface area contributed by atoms with E-state index < -0.39 is 0 Å². The van der Waals surface area contributed by atoms with Crippen LogP contribution in [0.4, 0.5) is 0 Å². The Labute approximate surface area is 137 Å². The number of hydrogen-bond acceptors (Lipinski definition) is 2. The van der Waals surface area contributed by atoms with E-state index in [-0.39, 0.29) is 18.3 Å². The molecule has 1 N–H and O–H groups in total. The number of amides is 1. The number of benzene rings is 1. The molecular weight excluding hydrogens is 307 g/mol. The van der Waals surface area contributed by atoms with Gasteiger partial charge in [-0.25, -0.2) is 0 Å². The summed E-state index contributed by atoms with van der Waals surface area (Å²) in [5.74, 6) is 1.61. The first kappa shape index (κ1) is 16.6. The summed E-state index contributed by atoms with van der Waals surface area (Å²) in [6, 6.07) is 5.61. The lowest BCUT2D eigenvalue weighted by molar-refractivity contribution is 0.0758. The van der Waals surface area contributed by atoms with E-state index in [2.05, 4.69) is 5.32 Å². The molecule has 1 aromatic rings. The Morgan fingerprint density at radius 2 is 1.86 bits per heavy atom. The van der Waals surface area contributed by atoms with Crippen LogP contribution < -0.4 is 5.32 Å². The van der Waals surface area contributed by atoms with Crippen LogP contribution in [0.5, 0.6) is 0 Å². The number of carbonyl (C=O) groups excluding carboxylic acids is 1. The third kappa shape index (κ3) is 3.53. The molecule has 21 heavy (non-hydrogen) atoms. The molecule has 2 saturated heterocycles. The van der Waals surface area contributed by atoms with Crippen molar-refractivity contribution in [1.82, 2.24) is 10.2 Å². The van der Waals surface area contributed by atoms with Crippen LogP contribution in [-0.4, -0.2) is 37.0 Å². The maximum Gasteiger partial charge on any atom is 0.253 e. The number of aryl methyl sites for hydroxylation is 1. The van der Waals surface area contributed by atoms with E-state index in [1.165, 1.54) is 0 Å². The molecule has 0 aliphatic carbocycles. The first-order valence-electron chi connectivity index (χ1n) is 7.41. The number of likely N-dealkylation sites (tertiary alicyclic amines) is 1. The summed E-state index contributed by atoms with van der Waals surface area (Å²) >= 11 is 6.13. The SMILES string of the molecule is Cc1ccc(C(=O)N2CC[C@@H]3CNC[C@@H]3CC2)cc1Cl.Cl. The van der Waals surface area contributed by atoms with Gasteiger partial charge in [-0.2, -0.15) is 0 Å². The molecule has 2 atom stereocenters. The number of hydrogen-bond donors (Lipinski definition) is 1. The van der Waals surface area contributed by atoms with Gasteiger partial charge in [0.2, 0.25) is 0 Å². The Balaban J connectivity index is 0.00000161. The van der Waals surface area contributed by atoms with Gasteiger partial charge in [0.1, 0.15) is 0 Å². The Kier molecular flexibility index (Phi) is 5.53. The number of fused-ring (bicyclic) bond motifs is 1. The Hall–Kier alpha value is -0.770. The van der Waals surface area contributed by atoms with Gasteiger partial charge in [0.05, 0.1) is 0 Å². The van der Waals surface area contributed by atoms with Crippen molar-refractivity contribution in [2.24, 2.45) is 11.8 Å². The Morgan fingerprint density at radius 1 is 1.24 bits per heavy atom. The van der Waals surface area contributed by atoms with Gasteiger partial charge < -0.3 is 10.2 Å². The number of nitrogens with zero attached hydrogens (tertiary/aromatic N) is 1. The zero-order valence-electron chi connectivity index (χ0n) is 12.3. The average molecular weight is 329 g/mol. The van der Waals surface area contributed by atoms with Crippen LogP contribution in [0.25, 0.3) is 0 Å². The average Bonchev–Trinajstić information content (AvgIpc) is 2.80. The van der Waals surface area contributed by atoms with E-state index in [0.717, 1.165) is 56.4 Å². The molecule has 2 heterocycles. The van der Waals surface area contributed by atoms with Crippen molar-refractivity contribution in [3.8, 4) is 0 Å². The highest BCUT2D eigenvalue weighted by molar-refractivity contribution is 6.31. The molecule has 0 radical (unpaired) electrons. The molecular formula is C16H22Cl2N2O. The lowest BCUT2D eigenvalue weighted by atomic mass is 9.92. The summed E-state index contributed by atoms with van der Waals surface area (Å²) < 4.78 is 0. The van der Waals surface area contributed by atoms with Crippen molar-refractivity contribution < 1.29 is 4.79 Å². The first-order valence-corrected chi connectivity index (χ1v) is 7.79. The predicted molar refractivity (Wildman–Crippen MR) is 88.4 cm³/mol. The van der Waals surface area contributed by atoms with Crippen molar-refractivity contribution in [1.29, 1.82) is 0 Å². The maximum atomic E-state index is 12.6. The molecule has 0 saturated carbocycles. The first-order chi connectivity index (χ1) is 9.65. The van der Waals surface area contributed by atoms with E-state index in [4.69, 9.17) is 11.6 Å². The summed E-state index contributed by atoms with van der Waals surface area (Å²) in [4.78, 5) is 14.6. The summed E-state index contributed by atoms with van der Waals surface area (Å²) in [6.07, 6.45) is 2.23. The predicted octanol–water partition coefficient (Wildman–Crippen LogP) is 3.14. The highest BCUT2D eigenvalue weighted by atomic mass is 35.5. The van der Waals surface area contributed by atoms with E-state index >= 15 is 0 Å². The van der Waals surface area contributed by atoms with Gasteiger partial charge in [0, 0.05) is 23.7 Å². The van der Waals surface area contributed by atoms with Gasteiger partial charge in [-0.05, 0) is 62.4 Å². The minimum Gasteiger partial charge on any atom is -0.339 e. The molecule has 2 fully saturated rings. The van der Waals surface area contributed by atoms with E-state index in [9.17, 15) is 4.79 Å². The van der Waals surface area contributed by atoms with Gasteiger partial charge in [-0.15, -0.1) is 12.4 Å². The fourth-order valence-electron chi connectivity index (χ4n) is 3.33. The molecule has 0 unspecified atom stereocenters. The van der Waals surface area contributed by atoms with Gasteiger partial charge in [-0.3, -0.25) is 4.79 Å². The highest BCUT2D eigenvalue weighted by Gasteiger charge is 2.31. The number of halogens is 2. The topological polar surface area (TPSA) is 32.3 Å². The third-order valence-corrected chi connectivity index (χ3v) is 5.13. The third-order valence-electron chi connectivity index (χ3n) is 4.73. The van der Waals surface area contributed by atoms with Crippen LogP contribution in [0.2, 0.25) is 5.02 Å². The molecule has 3 nitrogen and oxygen atoms in total. The molecule has 116 valence electrons. The lowest BCUT2D eigenvalue weighted by Gasteiger charge is -2.21. The Morgan fingerprint density at radius 3 is 2.43 bits per heavy atom. The zero-order valence-corrected chi connectivity index (χ0v) is 13.8. The molecule has 2 aliphatic rings. The molecule has 0 aromatic heterocycles. The van der Waals surface area contributed by atoms with Crippen LogP contribution >= 0.6 is 24.0 Å². The summed E-state index contributed by atoms with van der Waals surface area (Å²) in [5, 5.41) is 4.13. The monoisotopic (exact) mass is 328 g/mol. The normalized spacial score (nSPS) is 25.0. The van der Waals surface area contributed by atoms with Crippen LogP contribution in [0, 0.1) is 18.8 Å². The summed E-state index contributed by atoms with van der Waals surface area (Å²) in [6.45, 7) is 5.92. The minimum absolute atomic E-state index is 0. The van der Waals surface area contributed by atoms with Crippen molar-refractivity contribution >= 4 is 29.9 Å². The molecule has 0 bridgehead atoms. The smallest absolute Gasteiger partial charge is 0.253 e. The van der Waals surface area contributed by atoms with Crippen LogP contribution in [-0.2, 0) is 0 Å². The van der Waals surface area contributed by atoms with E-state index in [1.54, 1.807) is 6.07 Å². The molecule has 5 heteroatoms. The van der Waals surface area contributed by atoms with E-state index in [1.807, 2.05) is 24.0 Å².